The van der Waals surface area contributed by atoms with Gasteiger partial charge in [-0.25, -0.2) is 4.99 Å². The molecule has 0 bridgehead atoms. The van der Waals surface area contributed by atoms with Crippen LogP contribution in [0, 0.1) is 12.8 Å². The normalized spacial score (nSPS) is 17.5. The number of benzene rings is 2. The van der Waals surface area contributed by atoms with Crippen LogP contribution in [0.5, 0.6) is 11.5 Å². The van der Waals surface area contributed by atoms with Crippen molar-refractivity contribution in [1.29, 1.82) is 0 Å². The fourth-order valence-electron chi connectivity index (χ4n) is 3.76. The molecular weight excluding hydrogens is 398 g/mol. The van der Waals surface area contributed by atoms with Crippen molar-refractivity contribution in [2.24, 2.45) is 15.9 Å². The quantitative estimate of drug-likeness (QED) is 0.705. The van der Waals surface area contributed by atoms with E-state index in [2.05, 4.69) is 24.0 Å². The van der Waals surface area contributed by atoms with E-state index in [0.717, 1.165) is 22.2 Å². The summed E-state index contributed by atoms with van der Waals surface area (Å²) < 4.78 is 10.9. The number of fused-ring (bicyclic) bond motifs is 3. The van der Waals surface area contributed by atoms with Crippen molar-refractivity contribution in [3.63, 3.8) is 0 Å². The molecule has 0 aromatic heterocycles. The predicted octanol–water partition coefficient (Wildman–Crippen LogP) is 4.56. The number of amides is 1. The molecule has 0 aliphatic carbocycles. The van der Waals surface area contributed by atoms with Crippen LogP contribution in [-0.4, -0.2) is 42.1 Å². The maximum Gasteiger partial charge on any atom is 0.271 e. The van der Waals surface area contributed by atoms with Crippen LogP contribution in [-0.2, 0) is 10.5 Å². The van der Waals surface area contributed by atoms with E-state index in [0.29, 0.717) is 17.3 Å². The lowest BCUT2D eigenvalue weighted by Gasteiger charge is -2.33. The van der Waals surface area contributed by atoms with Crippen LogP contribution in [0.1, 0.15) is 30.5 Å². The maximum atomic E-state index is 12.8. The lowest BCUT2D eigenvalue weighted by Crippen LogP contribution is -2.46. The first-order valence-corrected chi connectivity index (χ1v) is 10.9. The topological polar surface area (TPSA) is 63.5 Å². The number of amidine groups is 2. The molecular formula is C23H25N3O3S. The van der Waals surface area contributed by atoms with Gasteiger partial charge in [-0.05, 0) is 30.0 Å². The molecule has 2 heterocycles. The Hall–Kier alpha value is -2.80. The standard InChI is InChI=1S/C23H25N3O3S/c1-13(2)20-22(27)25-21-16-10-18(28-4)19(29-5)11-17(16)24-23(26(20)21)30-12-15-9-7-6-8-14(15)3/h6-11,13,20H,12H2,1-5H3/t20-/m1/s1. The molecule has 2 aliphatic heterocycles. The number of hydrogen-bond acceptors (Lipinski definition) is 6. The fourth-order valence-corrected chi connectivity index (χ4v) is 4.87. The minimum atomic E-state index is -0.357. The summed E-state index contributed by atoms with van der Waals surface area (Å²) in [4.78, 5) is 24.1. The number of aliphatic imine (C=N–C) groups is 2. The Morgan fingerprint density at radius 1 is 1.10 bits per heavy atom. The Morgan fingerprint density at radius 2 is 1.80 bits per heavy atom. The van der Waals surface area contributed by atoms with Gasteiger partial charge in [0.1, 0.15) is 11.9 Å². The number of methoxy groups -OCH3 is 2. The van der Waals surface area contributed by atoms with Crippen molar-refractivity contribution >= 4 is 34.4 Å². The third-order valence-electron chi connectivity index (χ3n) is 5.39. The van der Waals surface area contributed by atoms with Gasteiger partial charge in [-0.2, -0.15) is 4.99 Å². The molecule has 6 nitrogen and oxygen atoms in total. The second kappa shape index (κ2) is 8.14. The second-order valence-electron chi connectivity index (χ2n) is 7.67. The van der Waals surface area contributed by atoms with Crippen LogP contribution in [0.3, 0.4) is 0 Å². The molecule has 2 aliphatic rings. The van der Waals surface area contributed by atoms with Crippen LogP contribution < -0.4 is 9.47 Å². The van der Waals surface area contributed by atoms with Gasteiger partial charge in [0, 0.05) is 17.4 Å². The summed E-state index contributed by atoms with van der Waals surface area (Å²) in [7, 11) is 3.19. The van der Waals surface area contributed by atoms with Gasteiger partial charge in [-0.15, -0.1) is 0 Å². The zero-order valence-electron chi connectivity index (χ0n) is 17.8. The van der Waals surface area contributed by atoms with Gasteiger partial charge in [-0.3, -0.25) is 9.69 Å². The average Bonchev–Trinajstić information content (AvgIpc) is 3.09. The van der Waals surface area contributed by atoms with E-state index in [9.17, 15) is 4.79 Å². The molecule has 0 saturated carbocycles. The zero-order valence-corrected chi connectivity index (χ0v) is 18.6. The van der Waals surface area contributed by atoms with Gasteiger partial charge < -0.3 is 9.47 Å². The Balaban J connectivity index is 1.79. The van der Waals surface area contributed by atoms with Crippen molar-refractivity contribution in [3.05, 3.63) is 53.1 Å². The monoisotopic (exact) mass is 423 g/mol. The summed E-state index contributed by atoms with van der Waals surface area (Å²) in [5, 5.41) is 0.779. The van der Waals surface area contributed by atoms with Gasteiger partial charge in [-0.1, -0.05) is 49.9 Å². The molecule has 7 heteroatoms. The molecule has 0 saturated heterocycles. The highest BCUT2D eigenvalue weighted by atomic mass is 32.2. The molecule has 0 spiro atoms. The first-order valence-electron chi connectivity index (χ1n) is 9.88. The molecule has 0 unspecified atom stereocenters. The van der Waals surface area contributed by atoms with Gasteiger partial charge in [0.2, 0.25) is 0 Å². The SMILES string of the molecule is COc1cc2c(cc1OC)C1=NC(=O)[C@@H](C(C)C)N1C(SCc1ccccc1C)=N2. The number of ether oxygens (including phenoxy) is 2. The summed E-state index contributed by atoms with van der Waals surface area (Å²) in [5.41, 5.74) is 3.99. The van der Waals surface area contributed by atoms with E-state index < -0.39 is 0 Å². The summed E-state index contributed by atoms with van der Waals surface area (Å²) in [6, 6.07) is 11.6. The van der Waals surface area contributed by atoms with E-state index >= 15 is 0 Å². The van der Waals surface area contributed by atoms with Gasteiger partial charge in [0.05, 0.1) is 19.9 Å². The Morgan fingerprint density at radius 3 is 2.47 bits per heavy atom. The zero-order chi connectivity index (χ0) is 21.4. The maximum absolute atomic E-state index is 12.8. The Bertz CT molecular complexity index is 1060. The molecule has 0 radical (unpaired) electrons. The number of carbonyl (C=O) groups excluding carboxylic acids is 1. The van der Waals surface area contributed by atoms with Crippen LogP contribution in [0.15, 0.2) is 46.4 Å². The molecule has 0 fully saturated rings. The van der Waals surface area contributed by atoms with Gasteiger partial charge in [0.15, 0.2) is 16.7 Å². The van der Waals surface area contributed by atoms with Crippen molar-refractivity contribution in [1.82, 2.24) is 4.90 Å². The van der Waals surface area contributed by atoms with E-state index in [1.165, 1.54) is 11.1 Å². The Labute approximate surface area is 181 Å². The minimum absolute atomic E-state index is 0.102. The average molecular weight is 424 g/mol. The van der Waals surface area contributed by atoms with E-state index in [1.807, 2.05) is 43.0 Å². The van der Waals surface area contributed by atoms with E-state index in [-0.39, 0.29) is 17.9 Å². The fraction of sp³-hybridized carbons (Fsp3) is 0.348. The van der Waals surface area contributed by atoms with Crippen molar-refractivity contribution in [2.45, 2.75) is 32.6 Å². The molecule has 4 rings (SSSR count). The van der Waals surface area contributed by atoms with Crippen LogP contribution in [0.25, 0.3) is 0 Å². The molecule has 2 aromatic rings. The van der Waals surface area contributed by atoms with Crippen LogP contribution in [0.2, 0.25) is 0 Å². The largest absolute Gasteiger partial charge is 0.493 e. The van der Waals surface area contributed by atoms with Crippen LogP contribution in [0.4, 0.5) is 5.69 Å². The smallest absolute Gasteiger partial charge is 0.271 e. The first kappa shape index (κ1) is 20.5. The third kappa shape index (κ3) is 3.47. The highest BCUT2D eigenvalue weighted by Gasteiger charge is 2.43. The molecule has 156 valence electrons. The molecule has 2 aromatic carbocycles. The number of nitrogens with zero attached hydrogens (tertiary/aromatic N) is 3. The minimum Gasteiger partial charge on any atom is -0.493 e. The second-order valence-corrected chi connectivity index (χ2v) is 8.61. The lowest BCUT2D eigenvalue weighted by molar-refractivity contribution is -0.120. The van der Waals surface area contributed by atoms with Gasteiger partial charge in [0.25, 0.3) is 5.91 Å². The number of thioether (sulfide) groups is 1. The number of rotatable bonds is 5. The van der Waals surface area contributed by atoms with Crippen molar-refractivity contribution in [3.8, 4) is 11.5 Å². The summed E-state index contributed by atoms with van der Waals surface area (Å²) >= 11 is 1.62. The highest BCUT2D eigenvalue weighted by Crippen LogP contribution is 2.42. The van der Waals surface area contributed by atoms with Crippen LogP contribution >= 0.6 is 11.8 Å². The number of carbonyl (C=O) groups is 1. The predicted molar refractivity (Wildman–Crippen MR) is 121 cm³/mol. The number of hydrogen-bond donors (Lipinski definition) is 0. The van der Waals surface area contributed by atoms with E-state index in [4.69, 9.17) is 14.5 Å². The molecule has 0 N–H and O–H groups in total. The summed E-state index contributed by atoms with van der Waals surface area (Å²) in [5.74, 6) is 2.55. The lowest BCUT2D eigenvalue weighted by atomic mass is 10.0. The third-order valence-corrected chi connectivity index (χ3v) is 6.39. The van der Waals surface area contributed by atoms with Gasteiger partial charge >= 0.3 is 0 Å². The van der Waals surface area contributed by atoms with E-state index in [1.54, 1.807) is 26.0 Å². The molecule has 1 amide bonds. The molecule has 1 atom stereocenters. The Kier molecular flexibility index (Phi) is 5.56. The summed E-state index contributed by atoms with van der Waals surface area (Å²) in [6.07, 6.45) is 0. The highest BCUT2D eigenvalue weighted by molar-refractivity contribution is 8.13. The summed E-state index contributed by atoms with van der Waals surface area (Å²) in [6.45, 7) is 6.18. The van der Waals surface area contributed by atoms with Crippen molar-refractivity contribution < 1.29 is 14.3 Å². The molecule has 30 heavy (non-hydrogen) atoms. The number of aryl methyl sites for hydroxylation is 1. The first-order chi connectivity index (χ1) is 14.4. The van der Waals surface area contributed by atoms with Crippen molar-refractivity contribution in [2.75, 3.05) is 14.2 Å².